The highest BCUT2D eigenvalue weighted by molar-refractivity contribution is 4.85. The van der Waals surface area contributed by atoms with Gasteiger partial charge in [-0.25, -0.2) is 9.67 Å². The molecule has 0 spiro atoms. The third kappa shape index (κ3) is 4.28. The molecule has 92 valence electrons. The van der Waals surface area contributed by atoms with Gasteiger partial charge in [-0.15, -0.1) is 0 Å². The topological polar surface area (TPSA) is 54.2 Å². The molecule has 0 aliphatic rings. The molecule has 1 heterocycles. The van der Waals surface area contributed by atoms with Crippen molar-refractivity contribution in [2.75, 3.05) is 13.6 Å². The summed E-state index contributed by atoms with van der Waals surface area (Å²) in [6, 6.07) is 0. The number of nitrogens with zero attached hydrogens (tertiary/aromatic N) is 4. The van der Waals surface area contributed by atoms with Crippen molar-refractivity contribution in [1.29, 1.82) is 0 Å². The van der Waals surface area contributed by atoms with Crippen LogP contribution in [0.3, 0.4) is 0 Å². The molecule has 16 heavy (non-hydrogen) atoms. The van der Waals surface area contributed by atoms with Crippen LogP contribution in [0.25, 0.3) is 0 Å². The van der Waals surface area contributed by atoms with E-state index < -0.39 is 5.60 Å². The van der Waals surface area contributed by atoms with Crippen LogP contribution in [0.1, 0.15) is 33.0 Å². The standard InChI is InChI=1S/C11H22N4O/c1-5-6-15-10(12-9-13-15)7-14(4)8-11(2,3)16/h9,16H,5-8H2,1-4H3. The largest absolute Gasteiger partial charge is 0.389 e. The van der Waals surface area contributed by atoms with Crippen molar-refractivity contribution < 1.29 is 5.11 Å². The molecule has 0 aliphatic heterocycles. The quantitative estimate of drug-likeness (QED) is 0.782. The molecule has 1 rings (SSSR count). The lowest BCUT2D eigenvalue weighted by molar-refractivity contribution is 0.0414. The van der Waals surface area contributed by atoms with Gasteiger partial charge in [-0.2, -0.15) is 5.10 Å². The maximum atomic E-state index is 9.70. The van der Waals surface area contributed by atoms with Gasteiger partial charge in [0.25, 0.3) is 0 Å². The molecular weight excluding hydrogens is 204 g/mol. The molecule has 0 atom stereocenters. The minimum atomic E-state index is -0.676. The van der Waals surface area contributed by atoms with E-state index in [0.29, 0.717) is 13.1 Å². The Bertz CT molecular complexity index is 316. The molecule has 0 aliphatic carbocycles. The predicted octanol–water partition coefficient (Wildman–Crippen LogP) is 0.891. The van der Waals surface area contributed by atoms with Crippen molar-refractivity contribution >= 4 is 0 Å². The van der Waals surface area contributed by atoms with E-state index in [1.807, 2.05) is 11.7 Å². The van der Waals surface area contributed by atoms with Crippen LogP contribution in [0.4, 0.5) is 0 Å². The molecule has 0 unspecified atom stereocenters. The summed E-state index contributed by atoms with van der Waals surface area (Å²) in [5.41, 5.74) is -0.676. The fraction of sp³-hybridized carbons (Fsp3) is 0.818. The minimum absolute atomic E-state index is 0.617. The zero-order valence-electron chi connectivity index (χ0n) is 10.6. The van der Waals surface area contributed by atoms with Gasteiger partial charge in [0.1, 0.15) is 12.2 Å². The molecule has 1 aromatic rings. The van der Waals surface area contributed by atoms with Crippen molar-refractivity contribution in [2.45, 2.75) is 45.9 Å². The van der Waals surface area contributed by atoms with Crippen LogP contribution in [-0.2, 0) is 13.1 Å². The zero-order chi connectivity index (χ0) is 12.2. The molecule has 0 aromatic carbocycles. The van der Waals surface area contributed by atoms with Crippen molar-refractivity contribution in [2.24, 2.45) is 0 Å². The Morgan fingerprint density at radius 1 is 1.50 bits per heavy atom. The first-order valence-electron chi connectivity index (χ1n) is 5.70. The first-order valence-corrected chi connectivity index (χ1v) is 5.70. The van der Waals surface area contributed by atoms with Crippen LogP contribution in [-0.4, -0.2) is 44.0 Å². The third-order valence-electron chi connectivity index (χ3n) is 2.20. The van der Waals surface area contributed by atoms with Gasteiger partial charge in [0.15, 0.2) is 0 Å². The summed E-state index contributed by atoms with van der Waals surface area (Å²) in [5, 5.41) is 13.9. The van der Waals surface area contributed by atoms with Gasteiger partial charge in [-0.1, -0.05) is 6.92 Å². The molecule has 5 nitrogen and oxygen atoms in total. The van der Waals surface area contributed by atoms with Crippen LogP contribution in [0.15, 0.2) is 6.33 Å². The Morgan fingerprint density at radius 3 is 2.75 bits per heavy atom. The fourth-order valence-electron chi connectivity index (χ4n) is 1.77. The number of hydrogen-bond donors (Lipinski definition) is 1. The summed E-state index contributed by atoms with van der Waals surface area (Å²) in [6.07, 6.45) is 2.63. The molecule has 0 saturated carbocycles. The highest BCUT2D eigenvalue weighted by atomic mass is 16.3. The lowest BCUT2D eigenvalue weighted by Gasteiger charge is -2.25. The van der Waals surface area contributed by atoms with Gasteiger partial charge >= 0.3 is 0 Å². The molecule has 0 radical (unpaired) electrons. The molecule has 0 amide bonds. The van der Waals surface area contributed by atoms with Crippen LogP contribution >= 0.6 is 0 Å². The molecule has 0 saturated heterocycles. The van der Waals surface area contributed by atoms with E-state index in [2.05, 4.69) is 21.9 Å². The predicted molar refractivity (Wildman–Crippen MR) is 62.9 cm³/mol. The Morgan fingerprint density at radius 2 is 2.19 bits per heavy atom. The van der Waals surface area contributed by atoms with Gasteiger partial charge in [-0.3, -0.25) is 4.90 Å². The lowest BCUT2D eigenvalue weighted by Crippen LogP contribution is -2.36. The summed E-state index contributed by atoms with van der Waals surface area (Å²) < 4.78 is 1.92. The second-order valence-electron chi connectivity index (χ2n) is 4.88. The van der Waals surface area contributed by atoms with Gasteiger partial charge in [-0.05, 0) is 27.3 Å². The monoisotopic (exact) mass is 226 g/mol. The van der Waals surface area contributed by atoms with Crippen LogP contribution < -0.4 is 0 Å². The highest BCUT2D eigenvalue weighted by Gasteiger charge is 2.17. The smallest absolute Gasteiger partial charge is 0.140 e. The number of likely N-dealkylation sites (N-methyl/N-ethyl adjacent to an activating group) is 1. The first-order chi connectivity index (χ1) is 7.42. The third-order valence-corrected chi connectivity index (χ3v) is 2.20. The SMILES string of the molecule is CCCn1ncnc1CN(C)CC(C)(C)O. The van der Waals surface area contributed by atoms with E-state index in [0.717, 1.165) is 18.8 Å². The molecule has 0 fully saturated rings. The van der Waals surface area contributed by atoms with E-state index in [-0.39, 0.29) is 0 Å². The fourth-order valence-corrected chi connectivity index (χ4v) is 1.77. The van der Waals surface area contributed by atoms with Gasteiger partial charge in [0.2, 0.25) is 0 Å². The number of aromatic nitrogens is 3. The van der Waals surface area contributed by atoms with Crippen molar-refractivity contribution in [3.05, 3.63) is 12.2 Å². The number of rotatable bonds is 6. The normalized spacial score (nSPS) is 12.4. The Labute approximate surface area is 97.1 Å². The molecule has 5 heteroatoms. The van der Waals surface area contributed by atoms with E-state index in [1.54, 1.807) is 20.2 Å². The molecule has 1 aromatic heterocycles. The van der Waals surface area contributed by atoms with Crippen LogP contribution in [0, 0.1) is 0 Å². The van der Waals surface area contributed by atoms with Gasteiger partial charge < -0.3 is 5.11 Å². The highest BCUT2D eigenvalue weighted by Crippen LogP contribution is 2.06. The summed E-state index contributed by atoms with van der Waals surface area (Å²) in [7, 11) is 1.98. The van der Waals surface area contributed by atoms with E-state index >= 15 is 0 Å². The summed E-state index contributed by atoms with van der Waals surface area (Å²) in [6.45, 7) is 7.95. The van der Waals surface area contributed by atoms with E-state index in [4.69, 9.17) is 0 Å². The summed E-state index contributed by atoms with van der Waals surface area (Å²) in [5.74, 6) is 0.952. The van der Waals surface area contributed by atoms with Crippen molar-refractivity contribution in [3.8, 4) is 0 Å². The Kier molecular flexibility index (Phi) is 4.44. The second-order valence-corrected chi connectivity index (χ2v) is 4.88. The average Bonchev–Trinajstić information content (AvgIpc) is 2.50. The van der Waals surface area contributed by atoms with Crippen LogP contribution in [0.2, 0.25) is 0 Å². The maximum Gasteiger partial charge on any atom is 0.140 e. The summed E-state index contributed by atoms with van der Waals surface area (Å²) >= 11 is 0. The zero-order valence-corrected chi connectivity index (χ0v) is 10.6. The van der Waals surface area contributed by atoms with E-state index in [1.165, 1.54) is 0 Å². The second kappa shape index (κ2) is 5.41. The Hall–Kier alpha value is -0.940. The lowest BCUT2D eigenvalue weighted by atomic mass is 10.1. The minimum Gasteiger partial charge on any atom is -0.389 e. The number of hydrogen-bond acceptors (Lipinski definition) is 4. The first kappa shape index (κ1) is 13.1. The van der Waals surface area contributed by atoms with Gasteiger partial charge in [0, 0.05) is 13.1 Å². The van der Waals surface area contributed by atoms with Crippen LogP contribution in [0.5, 0.6) is 0 Å². The molecular formula is C11H22N4O. The molecule has 1 N–H and O–H groups in total. The van der Waals surface area contributed by atoms with Crippen molar-refractivity contribution in [3.63, 3.8) is 0 Å². The van der Waals surface area contributed by atoms with E-state index in [9.17, 15) is 5.11 Å². The van der Waals surface area contributed by atoms with Crippen molar-refractivity contribution in [1.82, 2.24) is 19.7 Å². The Balaban J connectivity index is 2.55. The molecule has 0 bridgehead atoms. The average molecular weight is 226 g/mol. The van der Waals surface area contributed by atoms with Gasteiger partial charge in [0.05, 0.1) is 12.1 Å². The number of aryl methyl sites for hydroxylation is 1. The summed E-state index contributed by atoms with van der Waals surface area (Å²) in [4.78, 5) is 6.29. The number of aliphatic hydroxyl groups is 1. The maximum absolute atomic E-state index is 9.70.